The van der Waals surface area contributed by atoms with Crippen molar-refractivity contribution in [2.45, 2.75) is 36.8 Å². The molecule has 4 aliphatic heterocycles. The molecule has 3 aromatic carbocycles. The van der Waals surface area contributed by atoms with E-state index in [-0.39, 0.29) is 34.2 Å². The largest absolute Gasteiger partial charge is 0.325 e. The van der Waals surface area contributed by atoms with Gasteiger partial charge in [0.15, 0.2) is 5.78 Å². The number of carbonyl (C=O) groups is 3. The third-order valence-electron chi connectivity index (χ3n) is 8.95. The van der Waals surface area contributed by atoms with Gasteiger partial charge in [0.25, 0.3) is 5.91 Å². The van der Waals surface area contributed by atoms with Crippen LogP contribution < -0.4 is 10.6 Å². The van der Waals surface area contributed by atoms with Crippen LogP contribution in [0.3, 0.4) is 0 Å². The summed E-state index contributed by atoms with van der Waals surface area (Å²) in [6.07, 6.45) is 1.45. The van der Waals surface area contributed by atoms with E-state index in [0.29, 0.717) is 45.5 Å². The van der Waals surface area contributed by atoms with Crippen molar-refractivity contribution in [3.8, 4) is 0 Å². The van der Waals surface area contributed by atoms with Crippen LogP contribution in [0.25, 0.3) is 0 Å². The van der Waals surface area contributed by atoms with E-state index in [4.69, 9.17) is 34.8 Å². The van der Waals surface area contributed by atoms with E-state index in [1.165, 1.54) is 6.07 Å². The maximum atomic E-state index is 14.6. The molecule has 0 saturated carbocycles. The fourth-order valence-electron chi connectivity index (χ4n) is 7.62. The number of para-hydroxylation sites is 1. The van der Waals surface area contributed by atoms with Gasteiger partial charge in [-0.1, -0.05) is 59.1 Å². The molecule has 3 aromatic rings. The molecule has 2 spiro atoms. The van der Waals surface area contributed by atoms with Crippen molar-refractivity contribution in [2.75, 3.05) is 17.2 Å². The molecule has 192 valence electrons. The molecule has 38 heavy (non-hydrogen) atoms. The number of hydrogen-bond donors (Lipinski definition) is 2. The van der Waals surface area contributed by atoms with Crippen LogP contribution in [-0.4, -0.2) is 35.1 Å². The van der Waals surface area contributed by atoms with E-state index < -0.39 is 16.9 Å². The van der Waals surface area contributed by atoms with Crippen molar-refractivity contribution in [1.82, 2.24) is 4.90 Å². The van der Waals surface area contributed by atoms with Crippen molar-refractivity contribution >= 4 is 63.8 Å². The average Bonchev–Trinajstić information content (AvgIpc) is 3.60. The number of Topliss-reactive ketones (excluding diaryl/α,β-unsaturated/α-hetero) is 1. The Morgan fingerprint density at radius 2 is 1.74 bits per heavy atom. The topological polar surface area (TPSA) is 78.5 Å². The first-order valence-electron chi connectivity index (χ1n) is 12.5. The monoisotopic (exact) mass is 565 g/mol. The fourth-order valence-corrected chi connectivity index (χ4v) is 8.28. The Hall–Kier alpha value is -2.90. The van der Waals surface area contributed by atoms with E-state index >= 15 is 0 Å². The Morgan fingerprint density at radius 1 is 0.947 bits per heavy atom. The summed E-state index contributed by atoms with van der Waals surface area (Å²) in [6, 6.07) is 15.3. The summed E-state index contributed by atoms with van der Waals surface area (Å²) in [6.45, 7) is 2.41. The Balaban J connectivity index is 1.60. The molecule has 0 bridgehead atoms. The van der Waals surface area contributed by atoms with Gasteiger partial charge in [-0.2, -0.15) is 0 Å². The maximum Gasteiger partial charge on any atom is 0.251 e. The predicted octanol–water partition coefficient (Wildman–Crippen LogP) is 5.97. The number of ketones is 1. The van der Waals surface area contributed by atoms with Gasteiger partial charge >= 0.3 is 0 Å². The summed E-state index contributed by atoms with van der Waals surface area (Å²) in [5.41, 5.74) is 0.528. The highest BCUT2D eigenvalue weighted by Crippen LogP contribution is 2.68. The molecule has 2 amide bonds. The van der Waals surface area contributed by atoms with Crippen LogP contribution in [-0.2, 0) is 20.5 Å². The average molecular weight is 567 g/mol. The second kappa shape index (κ2) is 8.06. The normalized spacial score (nSPS) is 28.9. The van der Waals surface area contributed by atoms with Crippen molar-refractivity contribution in [1.29, 1.82) is 0 Å². The first-order chi connectivity index (χ1) is 18.2. The van der Waals surface area contributed by atoms with Gasteiger partial charge in [0, 0.05) is 32.9 Å². The zero-order valence-electron chi connectivity index (χ0n) is 20.3. The van der Waals surface area contributed by atoms with E-state index in [1.54, 1.807) is 18.2 Å². The van der Waals surface area contributed by atoms with Gasteiger partial charge in [-0.25, -0.2) is 0 Å². The van der Waals surface area contributed by atoms with Crippen LogP contribution in [0.2, 0.25) is 15.1 Å². The number of nitrogens with one attached hydrogen (secondary N) is 2. The van der Waals surface area contributed by atoms with Gasteiger partial charge in [-0.15, -0.1) is 0 Å². The van der Waals surface area contributed by atoms with Gasteiger partial charge < -0.3 is 10.6 Å². The third kappa shape index (κ3) is 2.67. The number of rotatable bonds is 2. The Labute approximate surface area is 234 Å². The van der Waals surface area contributed by atoms with Crippen LogP contribution in [0.15, 0.2) is 54.6 Å². The molecule has 0 aromatic heterocycles. The summed E-state index contributed by atoms with van der Waals surface area (Å²) >= 11 is 19.2. The van der Waals surface area contributed by atoms with Crippen molar-refractivity contribution in [2.24, 2.45) is 5.92 Å². The number of anilines is 2. The van der Waals surface area contributed by atoms with Crippen molar-refractivity contribution < 1.29 is 14.4 Å². The number of hydrogen-bond acceptors (Lipinski definition) is 4. The van der Waals surface area contributed by atoms with Crippen LogP contribution in [0, 0.1) is 12.8 Å². The third-order valence-corrected chi connectivity index (χ3v) is 9.90. The number of benzene rings is 3. The number of fused-ring (bicyclic) bond motifs is 7. The lowest BCUT2D eigenvalue weighted by atomic mass is 9.57. The van der Waals surface area contributed by atoms with E-state index in [2.05, 4.69) is 15.5 Å². The van der Waals surface area contributed by atoms with Gasteiger partial charge in [-0.05, 0) is 67.8 Å². The minimum absolute atomic E-state index is 0.216. The Bertz CT molecular complexity index is 1610. The highest BCUT2D eigenvalue weighted by atomic mass is 35.5. The smallest absolute Gasteiger partial charge is 0.251 e. The zero-order chi connectivity index (χ0) is 26.6. The summed E-state index contributed by atoms with van der Waals surface area (Å²) < 4.78 is 0. The predicted molar refractivity (Wildman–Crippen MR) is 147 cm³/mol. The standard InChI is InChI=1S/C29H22Cl3N3O3/c1-14-19(31)11-10-18-24(14)34-27(38)29(18)28(17-5-2-3-6-21(17)33-26(28)37)23(22-7-4-12-35(22)29)25(36)16-9-8-15(30)13-20(16)32/h2-3,5-6,8-11,13,22-23H,4,7,12H2,1H3,(H,33,37)(H,34,38)/t22-,23+,28-,29+/m1/s1. The number of amides is 2. The first-order valence-corrected chi connectivity index (χ1v) is 13.7. The molecule has 2 saturated heterocycles. The minimum Gasteiger partial charge on any atom is -0.325 e. The quantitative estimate of drug-likeness (QED) is 0.375. The van der Waals surface area contributed by atoms with Gasteiger partial charge in [0.05, 0.1) is 16.6 Å². The highest BCUT2D eigenvalue weighted by Gasteiger charge is 2.81. The number of carbonyl (C=O) groups excluding carboxylic acids is 3. The molecule has 4 atom stereocenters. The molecule has 2 fully saturated rings. The molecule has 9 heteroatoms. The van der Waals surface area contributed by atoms with Crippen LogP contribution in [0.4, 0.5) is 11.4 Å². The van der Waals surface area contributed by atoms with Gasteiger partial charge in [0.2, 0.25) is 5.91 Å². The second-order valence-corrected chi connectivity index (χ2v) is 11.7. The summed E-state index contributed by atoms with van der Waals surface area (Å²) in [5.74, 6) is -1.85. The number of nitrogens with zero attached hydrogens (tertiary/aromatic N) is 1. The molecule has 0 aliphatic carbocycles. The van der Waals surface area contributed by atoms with Crippen molar-refractivity contribution in [3.05, 3.63) is 91.9 Å². The lowest BCUT2D eigenvalue weighted by Gasteiger charge is -2.43. The molecule has 2 N–H and O–H groups in total. The van der Waals surface area contributed by atoms with Gasteiger partial charge in [0.1, 0.15) is 11.0 Å². The molecule has 0 unspecified atom stereocenters. The van der Waals surface area contributed by atoms with Crippen LogP contribution >= 0.6 is 34.8 Å². The van der Waals surface area contributed by atoms with E-state index in [9.17, 15) is 14.4 Å². The molecule has 0 radical (unpaired) electrons. The summed E-state index contributed by atoms with van der Waals surface area (Å²) in [5, 5.41) is 7.25. The van der Waals surface area contributed by atoms with Crippen molar-refractivity contribution in [3.63, 3.8) is 0 Å². The highest BCUT2D eigenvalue weighted by molar-refractivity contribution is 6.37. The summed E-state index contributed by atoms with van der Waals surface area (Å²) in [4.78, 5) is 45.7. The Kier molecular flexibility index (Phi) is 5.12. The number of halogens is 3. The minimum atomic E-state index is -1.54. The molecule has 6 nitrogen and oxygen atoms in total. The Morgan fingerprint density at radius 3 is 2.53 bits per heavy atom. The van der Waals surface area contributed by atoms with E-state index in [0.717, 1.165) is 12.0 Å². The molecule has 4 heterocycles. The van der Waals surface area contributed by atoms with E-state index in [1.807, 2.05) is 37.3 Å². The lowest BCUT2D eigenvalue weighted by Crippen LogP contribution is -2.62. The molecular weight excluding hydrogens is 545 g/mol. The molecular formula is C29H22Cl3N3O3. The second-order valence-electron chi connectivity index (χ2n) is 10.4. The van der Waals surface area contributed by atoms with Crippen LogP contribution in [0.5, 0.6) is 0 Å². The van der Waals surface area contributed by atoms with Crippen LogP contribution in [0.1, 0.15) is 39.9 Å². The fraction of sp³-hybridized carbons (Fsp3) is 0.276. The molecule has 4 aliphatic rings. The lowest BCUT2D eigenvalue weighted by molar-refractivity contribution is -0.137. The molecule has 7 rings (SSSR count). The zero-order valence-corrected chi connectivity index (χ0v) is 22.5. The SMILES string of the molecule is Cc1c(Cl)ccc2c1NC(=O)[C@@]21N2CCC[C@@H]2[C@@H](C(=O)c2ccc(Cl)cc2Cl)[C@]12C(=O)Nc1ccccc12. The first kappa shape index (κ1) is 24.2. The summed E-state index contributed by atoms with van der Waals surface area (Å²) in [7, 11) is 0. The van der Waals surface area contributed by atoms with Gasteiger partial charge in [-0.3, -0.25) is 19.3 Å². The maximum absolute atomic E-state index is 14.6.